The average molecular weight is 303 g/mol. The van der Waals surface area contributed by atoms with E-state index in [2.05, 4.69) is 26.8 Å². The minimum Gasteiger partial charge on any atom is -0.393 e. The van der Waals surface area contributed by atoms with Crippen molar-refractivity contribution in [3.63, 3.8) is 0 Å². The van der Waals surface area contributed by atoms with Crippen LogP contribution >= 0.6 is 0 Å². The van der Waals surface area contributed by atoms with E-state index in [4.69, 9.17) is 0 Å². The maximum Gasteiger partial charge on any atom is 0.0577 e. The molecule has 0 saturated heterocycles. The number of fused-ring (bicyclic) bond motifs is 5. The summed E-state index contributed by atoms with van der Waals surface area (Å²) in [6.45, 7) is 7.53. The number of aliphatic hydroxyl groups is 1. The standard InChI is InChI=1S/C21H34O/c1-4-21-12-9-16(22)13-15(21)6-7-17-18-8-5-14(2)20(18,3)11-10-19(17)21/h6,14,16-19,22H,4-5,7-13H2,1-3H3/t14-,16+,17-,18-,19-,20+,21-/m0/s1. The van der Waals surface area contributed by atoms with Gasteiger partial charge in [-0.2, -0.15) is 0 Å². The van der Waals surface area contributed by atoms with Gasteiger partial charge in [0.05, 0.1) is 6.10 Å². The molecule has 0 aliphatic heterocycles. The second-order valence-corrected chi connectivity index (χ2v) is 9.27. The van der Waals surface area contributed by atoms with E-state index in [1.807, 2.05) is 0 Å². The van der Waals surface area contributed by atoms with E-state index in [9.17, 15) is 5.11 Å². The molecule has 22 heavy (non-hydrogen) atoms. The van der Waals surface area contributed by atoms with Crippen molar-refractivity contribution in [2.45, 2.75) is 84.7 Å². The van der Waals surface area contributed by atoms with Gasteiger partial charge in [-0.15, -0.1) is 0 Å². The topological polar surface area (TPSA) is 20.2 Å². The molecule has 0 spiro atoms. The van der Waals surface area contributed by atoms with Gasteiger partial charge in [-0.05, 0) is 92.3 Å². The fourth-order valence-corrected chi connectivity index (χ4v) is 7.36. The number of aliphatic hydroxyl groups excluding tert-OH is 1. The molecule has 4 aliphatic rings. The summed E-state index contributed by atoms with van der Waals surface area (Å²) in [4.78, 5) is 0. The van der Waals surface area contributed by atoms with Crippen LogP contribution in [0.4, 0.5) is 0 Å². The van der Waals surface area contributed by atoms with Crippen LogP contribution in [0.1, 0.15) is 78.6 Å². The highest BCUT2D eigenvalue weighted by molar-refractivity contribution is 5.26. The van der Waals surface area contributed by atoms with Crippen molar-refractivity contribution in [3.8, 4) is 0 Å². The lowest BCUT2D eigenvalue weighted by Crippen LogP contribution is -2.51. The van der Waals surface area contributed by atoms with Crippen LogP contribution in [-0.2, 0) is 0 Å². The summed E-state index contributed by atoms with van der Waals surface area (Å²) >= 11 is 0. The van der Waals surface area contributed by atoms with Crippen LogP contribution in [0, 0.1) is 34.5 Å². The zero-order valence-corrected chi connectivity index (χ0v) is 14.8. The Kier molecular flexibility index (Phi) is 3.53. The molecule has 1 nitrogen and oxygen atoms in total. The van der Waals surface area contributed by atoms with Gasteiger partial charge in [-0.1, -0.05) is 32.4 Å². The highest BCUT2D eigenvalue weighted by Gasteiger charge is 2.58. The first-order valence-electron chi connectivity index (χ1n) is 9.89. The molecule has 4 aliphatic carbocycles. The largest absolute Gasteiger partial charge is 0.393 e. The first-order chi connectivity index (χ1) is 10.5. The molecule has 124 valence electrons. The monoisotopic (exact) mass is 302 g/mol. The number of rotatable bonds is 1. The molecule has 3 fully saturated rings. The van der Waals surface area contributed by atoms with Gasteiger partial charge < -0.3 is 5.11 Å². The summed E-state index contributed by atoms with van der Waals surface area (Å²) in [6, 6.07) is 0. The molecular weight excluding hydrogens is 268 g/mol. The fourth-order valence-electron chi connectivity index (χ4n) is 7.36. The van der Waals surface area contributed by atoms with Gasteiger partial charge in [0, 0.05) is 0 Å². The zero-order chi connectivity index (χ0) is 15.5. The third kappa shape index (κ3) is 1.87. The van der Waals surface area contributed by atoms with Gasteiger partial charge in [-0.3, -0.25) is 0 Å². The van der Waals surface area contributed by atoms with Crippen LogP contribution in [0.5, 0.6) is 0 Å². The van der Waals surface area contributed by atoms with Crippen molar-refractivity contribution in [1.82, 2.24) is 0 Å². The molecule has 0 bridgehead atoms. The lowest BCUT2D eigenvalue weighted by atomic mass is 9.46. The third-order valence-electron chi connectivity index (χ3n) is 8.91. The molecule has 0 aromatic heterocycles. The predicted octanol–water partition coefficient (Wildman–Crippen LogP) is 5.34. The Bertz CT molecular complexity index is 480. The van der Waals surface area contributed by atoms with Crippen LogP contribution in [0.3, 0.4) is 0 Å². The van der Waals surface area contributed by atoms with Gasteiger partial charge in [0.25, 0.3) is 0 Å². The van der Waals surface area contributed by atoms with E-state index in [-0.39, 0.29) is 6.10 Å². The van der Waals surface area contributed by atoms with Crippen LogP contribution < -0.4 is 0 Å². The Balaban J connectivity index is 1.70. The summed E-state index contributed by atoms with van der Waals surface area (Å²) < 4.78 is 0. The van der Waals surface area contributed by atoms with Crippen LogP contribution in [0.2, 0.25) is 0 Å². The van der Waals surface area contributed by atoms with E-state index in [0.717, 1.165) is 36.5 Å². The molecule has 0 unspecified atom stereocenters. The normalized spacial score (nSPS) is 54.2. The number of hydrogen-bond acceptors (Lipinski definition) is 1. The summed E-state index contributed by atoms with van der Waals surface area (Å²) in [6.07, 6.45) is 14.2. The third-order valence-corrected chi connectivity index (χ3v) is 8.91. The Morgan fingerprint density at radius 2 is 1.95 bits per heavy atom. The van der Waals surface area contributed by atoms with E-state index in [1.54, 1.807) is 5.57 Å². The predicted molar refractivity (Wildman–Crippen MR) is 91.5 cm³/mol. The minimum atomic E-state index is -0.0668. The molecule has 0 aromatic carbocycles. The Hall–Kier alpha value is -0.300. The first kappa shape index (κ1) is 15.2. The Morgan fingerprint density at radius 1 is 1.14 bits per heavy atom. The fraction of sp³-hybridized carbons (Fsp3) is 0.905. The van der Waals surface area contributed by atoms with Gasteiger partial charge in [0.1, 0.15) is 0 Å². The second kappa shape index (κ2) is 5.10. The molecule has 0 radical (unpaired) electrons. The van der Waals surface area contributed by atoms with Crippen molar-refractivity contribution in [1.29, 1.82) is 0 Å². The molecule has 0 amide bonds. The first-order valence-corrected chi connectivity index (χ1v) is 9.89. The van der Waals surface area contributed by atoms with Crippen molar-refractivity contribution < 1.29 is 5.11 Å². The van der Waals surface area contributed by atoms with Crippen molar-refractivity contribution in [2.75, 3.05) is 0 Å². The summed E-state index contributed by atoms with van der Waals surface area (Å²) in [5.41, 5.74) is 2.72. The minimum absolute atomic E-state index is 0.0668. The molecule has 3 saturated carbocycles. The quantitative estimate of drug-likeness (QED) is 0.648. The average Bonchev–Trinajstić information content (AvgIpc) is 2.82. The number of allylic oxidation sites excluding steroid dienone is 1. The molecule has 4 rings (SSSR count). The van der Waals surface area contributed by atoms with Gasteiger partial charge >= 0.3 is 0 Å². The summed E-state index contributed by atoms with van der Waals surface area (Å²) in [5, 5.41) is 10.1. The highest BCUT2D eigenvalue weighted by Crippen LogP contribution is 2.66. The summed E-state index contributed by atoms with van der Waals surface area (Å²) in [7, 11) is 0. The van der Waals surface area contributed by atoms with Gasteiger partial charge in [0.2, 0.25) is 0 Å². The SMILES string of the molecule is CC[C@]12CC[C@@H](O)CC1=CC[C@@H]1[C@@H]2CC[C@]2(C)[C@@H](C)CC[C@@H]12. The van der Waals surface area contributed by atoms with E-state index >= 15 is 0 Å². The summed E-state index contributed by atoms with van der Waals surface area (Å²) in [5.74, 6) is 3.74. The molecule has 1 N–H and O–H groups in total. The van der Waals surface area contributed by atoms with Crippen LogP contribution in [0.25, 0.3) is 0 Å². The Labute approximate surface area is 136 Å². The molecule has 0 aromatic rings. The lowest BCUT2D eigenvalue weighted by molar-refractivity contribution is -0.0556. The Morgan fingerprint density at radius 3 is 2.73 bits per heavy atom. The maximum atomic E-state index is 10.1. The molecule has 0 heterocycles. The van der Waals surface area contributed by atoms with Gasteiger partial charge in [-0.25, -0.2) is 0 Å². The zero-order valence-electron chi connectivity index (χ0n) is 14.8. The van der Waals surface area contributed by atoms with Gasteiger partial charge in [0.15, 0.2) is 0 Å². The molecule has 1 heteroatoms. The van der Waals surface area contributed by atoms with Crippen molar-refractivity contribution in [2.24, 2.45) is 34.5 Å². The van der Waals surface area contributed by atoms with Crippen LogP contribution in [-0.4, -0.2) is 11.2 Å². The van der Waals surface area contributed by atoms with Crippen LogP contribution in [0.15, 0.2) is 11.6 Å². The van der Waals surface area contributed by atoms with E-state index in [1.165, 1.54) is 44.9 Å². The van der Waals surface area contributed by atoms with E-state index < -0.39 is 0 Å². The maximum absolute atomic E-state index is 10.1. The second-order valence-electron chi connectivity index (χ2n) is 9.27. The lowest BCUT2D eigenvalue weighted by Gasteiger charge is -2.59. The molecular formula is C21H34O. The van der Waals surface area contributed by atoms with E-state index in [0.29, 0.717) is 10.8 Å². The smallest absolute Gasteiger partial charge is 0.0577 e. The molecule has 7 atom stereocenters. The van der Waals surface area contributed by atoms with Crippen molar-refractivity contribution >= 4 is 0 Å². The highest BCUT2D eigenvalue weighted by atomic mass is 16.3. The number of hydrogen-bond donors (Lipinski definition) is 1. The van der Waals surface area contributed by atoms with Crippen molar-refractivity contribution in [3.05, 3.63) is 11.6 Å².